The van der Waals surface area contributed by atoms with Crippen molar-refractivity contribution in [1.82, 2.24) is 0 Å². The van der Waals surface area contributed by atoms with Gasteiger partial charge in [0.05, 0.1) is 30.5 Å². The summed E-state index contributed by atoms with van der Waals surface area (Å²) >= 11 is 6.15. The van der Waals surface area contributed by atoms with Crippen molar-refractivity contribution in [3.63, 3.8) is 0 Å². The number of imide groups is 1. The highest BCUT2D eigenvalue weighted by atomic mass is 35.5. The minimum absolute atomic E-state index is 0.0399. The van der Waals surface area contributed by atoms with Crippen molar-refractivity contribution in [2.24, 2.45) is 0 Å². The molecule has 160 valence electrons. The maximum atomic E-state index is 13.0. The van der Waals surface area contributed by atoms with Crippen molar-refractivity contribution < 1.29 is 28.7 Å². The summed E-state index contributed by atoms with van der Waals surface area (Å²) in [6.07, 6.45) is 0.686. The van der Waals surface area contributed by atoms with Gasteiger partial charge in [-0.05, 0) is 36.8 Å². The second-order valence-corrected chi connectivity index (χ2v) is 6.86. The van der Waals surface area contributed by atoms with E-state index in [0.29, 0.717) is 12.1 Å². The van der Waals surface area contributed by atoms with Crippen LogP contribution in [0.3, 0.4) is 0 Å². The Kier molecular flexibility index (Phi) is 6.71. The van der Waals surface area contributed by atoms with Gasteiger partial charge >= 0.3 is 11.9 Å². The molecule has 31 heavy (non-hydrogen) atoms. The summed E-state index contributed by atoms with van der Waals surface area (Å²) in [7, 11) is 1.20. The van der Waals surface area contributed by atoms with Crippen LogP contribution in [0.1, 0.15) is 34.1 Å². The molecule has 0 saturated carbocycles. The third kappa shape index (κ3) is 4.44. The van der Waals surface area contributed by atoms with Crippen LogP contribution in [-0.2, 0) is 19.1 Å². The van der Waals surface area contributed by atoms with Crippen molar-refractivity contribution in [2.45, 2.75) is 13.3 Å². The molecule has 0 unspecified atom stereocenters. The smallest absolute Gasteiger partial charge is 0.339 e. The van der Waals surface area contributed by atoms with Gasteiger partial charge in [0.25, 0.3) is 11.8 Å². The zero-order chi connectivity index (χ0) is 22.5. The lowest BCUT2D eigenvalue weighted by molar-refractivity contribution is -0.120. The number of amides is 2. The summed E-state index contributed by atoms with van der Waals surface area (Å²) in [5.74, 6) is -2.74. The van der Waals surface area contributed by atoms with Crippen LogP contribution < -0.4 is 10.2 Å². The first kappa shape index (κ1) is 22.0. The lowest BCUT2D eigenvalue weighted by Gasteiger charge is -2.18. The molecule has 2 amide bonds. The first-order valence-electron chi connectivity index (χ1n) is 9.39. The zero-order valence-electron chi connectivity index (χ0n) is 16.8. The van der Waals surface area contributed by atoms with Crippen LogP contribution in [0, 0.1) is 0 Å². The molecule has 0 spiro atoms. The number of hydrogen-bond acceptors (Lipinski definition) is 7. The average Bonchev–Trinajstić information content (AvgIpc) is 3.00. The van der Waals surface area contributed by atoms with E-state index in [2.05, 4.69) is 5.32 Å². The summed E-state index contributed by atoms with van der Waals surface area (Å²) in [6.45, 7) is 2.17. The number of anilines is 2. The summed E-state index contributed by atoms with van der Waals surface area (Å²) in [4.78, 5) is 50.7. The summed E-state index contributed by atoms with van der Waals surface area (Å²) in [6, 6.07) is 12.3. The Labute approximate surface area is 183 Å². The van der Waals surface area contributed by atoms with E-state index in [9.17, 15) is 19.2 Å². The topological polar surface area (TPSA) is 102 Å². The van der Waals surface area contributed by atoms with Crippen LogP contribution in [0.15, 0.2) is 59.3 Å². The average molecular weight is 443 g/mol. The van der Waals surface area contributed by atoms with E-state index in [1.165, 1.54) is 25.3 Å². The number of para-hydroxylation sites is 1. The molecule has 0 saturated heterocycles. The molecular formula is C22H19ClN2O6. The summed E-state index contributed by atoms with van der Waals surface area (Å²) < 4.78 is 9.83. The number of carbonyl (C=O) groups is 4. The Morgan fingerprint density at radius 3 is 2.48 bits per heavy atom. The molecule has 9 heteroatoms. The lowest BCUT2D eigenvalue weighted by Crippen LogP contribution is -2.33. The van der Waals surface area contributed by atoms with Crippen molar-refractivity contribution in [3.8, 4) is 0 Å². The van der Waals surface area contributed by atoms with Gasteiger partial charge in [0.15, 0.2) is 0 Å². The van der Waals surface area contributed by atoms with Gasteiger partial charge in [-0.1, -0.05) is 36.7 Å². The number of benzene rings is 2. The molecule has 0 fully saturated rings. The minimum atomic E-state index is -0.788. The monoisotopic (exact) mass is 442 g/mol. The van der Waals surface area contributed by atoms with E-state index in [1.807, 2.05) is 6.92 Å². The molecule has 0 bridgehead atoms. The van der Waals surface area contributed by atoms with Gasteiger partial charge in [0, 0.05) is 5.69 Å². The highest BCUT2D eigenvalue weighted by molar-refractivity contribution is 6.53. The molecule has 2 aromatic carbocycles. The molecule has 0 aliphatic carbocycles. The number of nitrogens with one attached hydrogen (secondary N) is 1. The zero-order valence-corrected chi connectivity index (χ0v) is 17.6. The van der Waals surface area contributed by atoms with E-state index in [-0.39, 0.29) is 34.2 Å². The van der Waals surface area contributed by atoms with Crippen molar-refractivity contribution in [3.05, 3.63) is 70.4 Å². The highest BCUT2D eigenvalue weighted by Crippen LogP contribution is 2.32. The van der Waals surface area contributed by atoms with Gasteiger partial charge in [0.1, 0.15) is 10.7 Å². The van der Waals surface area contributed by atoms with Crippen LogP contribution in [0.2, 0.25) is 0 Å². The van der Waals surface area contributed by atoms with E-state index in [0.717, 1.165) is 4.90 Å². The number of ether oxygens (including phenoxy) is 2. The number of rotatable bonds is 7. The molecule has 8 nitrogen and oxygen atoms in total. The SMILES string of the molecule is CCCOC(=O)c1cccc(NC2=C(Cl)C(=O)N(c3ccccc3C(=O)OC)C2=O)c1. The number of methoxy groups -OCH3 is 1. The van der Waals surface area contributed by atoms with Gasteiger partial charge in [-0.3, -0.25) is 9.59 Å². The largest absolute Gasteiger partial charge is 0.465 e. The number of carbonyl (C=O) groups excluding carboxylic acids is 4. The second kappa shape index (κ2) is 9.44. The Morgan fingerprint density at radius 1 is 1.03 bits per heavy atom. The maximum absolute atomic E-state index is 13.0. The maximum Gasteiger partial charge on any atom is 0.339 e. The summed E-state index contributed by atoms with van der Waals surface area (Å²) in [5.41, 5.74) is 0.558. The predicted octanol–water partition coefficient (Wildman–Crippen LogP) is 3.48. The van der Waals surface area contributed by atoms with Gasteiger partial charge < -0.3 is 14.8 Å². The molecule has 1 N–H and O–H groups in total. The Hall–Kier alpha value is -3.65. The minimum Gasteiger partial charge on any atom is -0.465 e. The van der Waals surface area contributed by atoms with E-state index in [4.69, 9.17) is 21.1 Å². The summed E-state index contributed by atoms with van der Waals surface area (Å²) in [5, 5.41) is 2.45. The molecule has 1 aliphatic rings. The standard InChI is InChI=1S/C22H19ClN2O6/c1-3-11-31-21(28)13-7-6-8-14(12-13)24-18-17(23)19(26)25(20(18)27)16-10-5-4-9-15(16)22(29)30-2/h4-10,12,24H,3,11H2,1-2H3. The quantitative estimate of drug-likeness (QED) is 0.517. The van der Waals surface area contributed by atoms with Crippen LogP contribution in [0.4, 0.5) is 11.4 Å². The van der Waals surface area contributed by atoms with Gasteiger partial charge in [-0.15, -0.1) is 0 Å². The van der Waals surface area contributed by atoms with Crippen LogP contribution in [0.5, 0.6) is 0 Å². The normalized spacial score (nSPS) is 13.5. The molecular weight excluding hydrogens is 424 g/mol. The number of esters is 2. The highest BCUT2D eigenvalue weighted by Gasteiger charge is 2.40. The van der Waals surface area contributed by atoms with E-state index >= 15 is 0 Å². The third-order valence-corrected chi connectivity index (χ3v) is 4.73. The molecule has 0 aromatic heterocycles. The molecule has 1 aliphatic heterocycles. The van der Waals surface area contributed by atoms with Crippen LogP contribution in [0.25, 0.3) is 0 Å². The molecule has 0 atom stereocenters. The second-order valence-electron chi connectivity index (χ2n) is 6.49. The van der Waals surface area contributed by atoms with Gasteiger partial charge in [0.2, 0.25) is 0 Å². The molecule has 2 aromatic rings. The fraction of sp³-hybridized carbons (Fsp3) is 0.182. The van der Waals surface area contributed by atoms with Gasteiger partial charge in [-0.25, -0.2) is 14.5 Å². The molecule has 3 rings (SSSR count). The Morgan fingerprint density at radius 2 is 1.77 bits per heavy atom. The van der Waals surface area contributed by atoms with Gasteiger partial charge in [-0.2, -0.15) is 0 Å². The number of nitrogens with zero attached hydrogens (tertiary/aromatic N) is 1. The van der Waals surface area contributed by atoms with Crippen LogP contribution >= 0.6 is 11.6 Å². The first-order valence-corrected chi connectivity index (χ1v) is 9.77. The Balaban J connectivity index is 1.89. The van der Waals surface area contributed by atoms with Crippen molar-refractivity contribution >= 4 is 46.7 Å². The lowest BCUT2D eigenvalue weighted by atomic mass is 10.1. The van der Waals surface area contributed by atoms with Crippen molar-refractivity contribution in [2.75, 3.05) is 23.9 Å². The predicted molar refractivity (Wildman–Crippen MR) is 114 cm³/mol. The fourth-order valence-corrected chi connectivity index (χ4v) is 3.14. The fourth-order valence-electron chi connectivity index (χ4n) is 2.93. The third-order valence-electron chi connectivity index (χ3n) is 4.38. The number of hydrogen-bond donors (Lipinski definition) is 1. The molecule has 1 heterocycles. The van der Waals surface area contributed by atoms with Crippen LogP contribution in [-0.4, -0.2) is 37.5 Å². The Bertz CT molecular complexity index is 1090. The number of halogens is 1. The van der Waals surface area contributed by atoms with Crippen molar-refractivity contribution in [1.29, 1.82) is 0 Å². The molecule has 0 radical (unpaired) electrons. The first-order chi connectivity index (χ1) is 14.9. The van der Waals surface area contributed by atoms with E-state index < -0.39 is 23.8 Å². The van der Waals surface area contributed by atoms with E-state index in [1.54, 1.807) is 30.3 Å².